The van der Waals surface area contributed by atoms with Gasteiger partial charge in [-0.3, -0.25) is 0 Å². The van der Waals surface area contributed by atoms with Crippen LogP contribution in [0.4, 0.5) is 17.5 Å². The topological polar surface area (TPSA) is 50.3 Å². The van der Waals surface area contributed by atoms with Crippen LogP contribution >= 0.6 is 0 Å². The van der Waals surface area contributed by atoms with E-state index in [4.69, 9.17) is 14.7 Å². The highest BCUT2D eigenvalue weighted by atomic mass is 16.5. The summed E-state index contributed by atoms with van der Waals surface area (Å²) in [5.41, 5.74) is 5.47. The number of benzene rings is 2. The Labute approximate surface area is 160 Å². The van der Waals surface area contributed by atoms with E-state index in [9.17, 15) is 0 Å². The van der Waals surface area contributed by atoms with Crippen molar-refractivity contribution in [1.82, 2.24) is 9.97 Å². The zero-order valence-electron chi connectivity index (χ0n) is 15.8. The number of aryl methyl sites for hydroxylation is 2. The molecule has 0 unspecified atom stereocenters. The number of nitrogens with one attached hydrogen (secondary N) is 1. The zero-order chi connectivity index (χ0) is 18.6. The van der Waals surface area contributed by atoms with Gasteiger partial charge in [0.25, 0.3) is 0 Å². The van der Waals surface area contributed by atoms with E-state index in [0.29, 0.717) is 13.2 Å². The highest BCUT2D eigenvalue weighted by Gasteiger charge is 2.16. The van der Waals surface area contributed by atoms with Crippen molar-refractivity contribution in [2.24, 2.45) is 0 Å². The Kier molecular flexibility index (Phi) is 5.03. The molecule has 0 atom stereocenters. The van der Waals surface area contributed by atoms with E-state index in [-0.39, 0.29) is 0 Å². The van der Waals surface area contributed by atoms with Gasteiger partial charge in [-0.2, -0.15) is 4.98 Å². The second kappa shape index (κ2) is 7.76. The Morgan fingerprint density at radius 2 is 1.70 bits per heavy atom. The van der Waals surface area contributed by atoms with Crippen LogP contribution < -0.4 is 10.2 Å². The zero-order valence-corrected chi connectivity index (χ0v) is 15.8. The molecule has 1 fully saturated rings. The molecule has 4 rings (SSSR count). The molecule has 1 N–H and O–H groups in total. The van der Waals surface area contributed by atoms with E-state index in [2.05, 4.69) is 54.4 Å². The summed E-state index contributed by atoms with van der Waals surface area (Å²) >= 11 is 0. The van der Waals surface area contributed by atoms with Crippen LogP contribution in [0.5, 0.6) is 0 Å². The fraction of sp³-hybridized carbons (Fsp3) is 0.273. The van der Waals surface area contributed by atoms with Gasteiger partial charge in [-0.05, 0) is 31.0 Å². The van der Waals surface area contributed by atoms with Gasteiger partial charge < -0.3 is 15.0 Å². The molecule has 0 spiro atoms. The minimum Gasteiger partial charge on any atom is -0.378 e. The van der Waals surface area contributed by atoms with Crippen molar-refractivity contribution in [1.29, 1.82) is 0 Å². The molecule has 5 nitrogen and oxygen atoms in total. The van der Waals surface area contributed by atoms with E-state index in [0.717, 1.165) is 41.8 Å². The van der Waals surface area contributed by atoms with Gasteiger partial charge in [0.2, 0.25) is 5.95 Å². The minimum absolute atomic E-state index is 0.707. The third kappa shape index (κ3) is 4.09. The Morgan fingerprint density at radius 3 is 2.48 bits per heavy atom. The highest BCUT2D eigenvalue weighted by molar-refractivity contribution is 5.69. The van der Waals surface area contributed by atoms with Gasteiger partial charge in [0.15, 0.2) is 0 Å². The molecule has 1 aliphatic heterocycles. The summed E-state index contributed by atoms with van der Waals surface area (Å²) in [6.07, 6.45) is 0. The third-order valence-electron chi connectivity index (χ3n) is 4.73. The van der Waals surface area contributed by atoms with Gasteiger partial charge in [0, 0.05) is 30.4 Å². The van der Waals surface area contributed by atoms with E-state index < -0.39 is 0 Å². The smallest absolute Gasteiger partial charge is 0.228 e. The Bertz CT molecular complexity index is 921. The number of hydrogen-bond donors (Lipinski definition) is 1. The first-order valence-corrected chi connectivity index (χ1v) is 9.30. The lowest BCUT2D eigenvalue weighted by Gasteiger charge is -2.27. The Balaban J connectivity index is 1.74. The number of anilines is 3. The molecule has 1 saturated heterocycles. The SMILES string of the molecule is Cc1ccc(C)c(Nc2cc(-c3ccccc3)nc(N3CCOCC3)n2)c1. The van der Waals surface area contributed by atoms with Crippen molar-refractivity contribution in [3.05, 3.63) is 65.7 Å². The van der Waals surface area contributed by atoms with Crippen LogP contribution in [0, 0.1) is 13.8 Å². The lowest BCUT2D eigenvalue weighted by molar-refractivity contribution is 0.122. The number of morpholine rings is 1. The molecule has 2 heterocycles. The predicted octanol–water partition coefficient (Wildman–Crippen LogP) is 4.34. The maximum atomic E-state index is 5.48. The van der Waals surface area contributed by atoms with Gasteiger partial charge >= 0.3 is 0 Å². The summed E-state index contributed by atoms with van der Waals surface area (Å²) in [5, 5.41) is 3.49. The summed E-state index contributed by atoms with van der Waals surface area (Å²) < 4.78 is 5.48. The van der Waals surface area contributed by atoms with Crippen LogP contribution in [0.25, 0.3) is 11.3 Å². The molecule has 1 aliphatic rings. The van der Waals surface area contributed by atoms with E-state index in [1.54, 1.807) is 0 Å². The van der Waals surface area contributed by atoms with Crippen molar-refractivity contribution < 1.29 is 4.74 Å². The van der Waals surface area contributed by atoms with Crippen LogP contribution in [-0.4, -0.2) is 36.3 Å². The lowest BCUT2D eigenvalue weighted by atomic mass is 10.1. The fourth-order valence-electron chi connectivity index (χ4n) is 3.17. The van der Waals surface area contributed by atoms with E-state index in [1.807, 2.05) is 24.3 Å². The van der Waals surface area contributed by atoms with Crippen molar-refractivity contribution >= 4 is 17.5 Å². The molecular formula is C22H24N4O. The van der Waals surface area contributed by atoms with Crippen LogP contribution in [0.2, 0.25) is 0 Å². The molecule has 0 amide bonds. The summed E-state index contributed by atoms with van der Waals surface area (Å²) in [5.74, 6) is 1.55. The first-order valence-electron chi connectivity index (χ1n) is 9.30. The van der Waals surface area contributed by atoms with E-state index >= 15 is 0 Å². The van der Waals surface area contributed by atoms with Crippen molar-refractivity contribution in [2.45, 2.75) is 13.8 Å². The average Bonchev–Trinajstić information content (AvgIpc) is 2.72. The first kappa shape index (κ1) is 17.5. The van der Waals surface area contributed by atoms with E-state index in [1.165, 1.54) is 11.1 Å². The van der Waals surface area contributed by atoms with Crippen LogP contribution in [0.15, 0.2) is 54.6 Å². The molecular weight excluding hydrogens is 336 g/mol. The van der Waals surface area contributed by atoms with Gasteiger partial charge in [0.05, 0.1) is 18.9 Å². The fourth-order valence-corrected chi connectivity index (χ4v) is 3.17. The molecule has 138 valence electrons. The van der Waals surface area contributed by atoms with Crippen molar-refractivity contribution in [3.63, 3.8) is 0 Å². The monoisotopic (exact) mass is 360 g/mol. The molecule has 0 saturated carbocycles. The normalized spacial score (nSPS) is 14.2. The number of ether oxygens (including phenoxy) is 1. The third-order valence-corrected chi connectivity index (χ3v) is 4.73. The van der Waals surface area contributed by atoms with Crippen LogP contribution in [0.3, 0.4) is 0 Å². The number of nitrogens with zero attached hydrogens (tertiary/aromatic N) is 3. The molecule has 27 heavy (non-hydrogen) atoms. The predicted molar refractivity (Wildman–Crippen MR) is 110 cm³/mol. The van der Waals surface area contributed by atoms with Crippen molar-refractivity contribution in [3.8, 4) is 11.3 Å². The minimum atomic E-state index is 0.707. The van der Waals surface area contributed by atoms with Gasteiger partial charge in [-0.25, -0.2) is 4.98 Å². The summed E-state index contributed by atoms with van der Waals surface area (Å²) in [6, 6.07) is 18.6. The van der Waals surface area contributed by atoms with Crippen LogP contribution in [0.1, 0.15) is 11.1 Å². The first-order chi connectivity index (χ1) is 13.2. The Hall–Kier alpha value is -2.92. The molecule has 0 radical (unpaired) electrons. The number of aromatic nitrogens is 2. The Morgan fingerprint density at radius 1 is 0.926 bits per heavy atom. The summed E-state index contributed by atoms with van der Waals surface area (Å²) in [6.45, 7) is 7.22. The molecule has 0 aliphatic carbocycles. The number of rotatable bonds is 4. The average molecular weight is 360 g/mol. The van der Waals surface area contributed by atoms with Gasteiger partial charge in [-0.1, -0.05) is 42.5 Å². The maximum Gasteiger partial charge on any atom is 0.228 e. The summed E-state index contributed by atoms with van der Waals surface area (Å²) in [4.78, 5) is 11.8. The molecule has 1 aromatic heterocycles. The van der Waals surface area contributed by atoms with Gasteiger partial charge in [0.1, 0.15) is 5.82 Å². The van der Waals surface area contributed by atoms with Crippen LogP contribution in [-0.2, 0) is 4.74 Å². The molecule has 5 heteroatoms. The number of hydrogen-bond acceptors (Lipinski definition) is 5. The second-order valence-corrected chi connectivity index (χ2v) is 6.85. The highest BCUT2D eigenvalue weighted by Crippen LogP contribution is 2.27. The summed E-state index contributed by atoms with van der Waals surface area (Å²) in [7, 11) is 0. The lowest BCUT2D eigenvalue weighted by Crippen LogP contribution is -2.37. The molecule has 2 aromatic carbocycles. The molecule has 0 bridgehead atoms. The largest absolute Gasteiger partial charge is 0.378 e. The quantitative estimate of drug-likeness (QED) is 0.750. The standard InChI is InChI=1S/C22H24N4O/c1-16-8-9-17(2)19(14-16)23-21-15-20(18-6-4-3-5-7-18)24-22(25-21)26-10-12-27-13-11-26/h3-9,14-15H,10-13H2,1-2H3,(H,23,24,25). The van der Waals surface area contributed by atoms with Gasteiger partial charge in [-0.15, -0.1) is 0 Å². The second-order valence-electron chi connectivity index (χ2n) is 6.85. The maximum absolute atomic E-state index is 5.48. The van der Waals surface area contributed by atoms with Crippen molar-refractivity contribution in [2.75, 3.05) is 36.5 Å². The molecule has 3 aromatic rings.